The lowest BCUT2D eigenvalue weighted by molar-refractivity contribution is -0.131. The lowest BCUT2D eigenvalue weighted by Gasteiger charge is -2.21. The quantitative estimate of drug-likeness (QED) is 0.801. The normalized spacial score (nSPS) is 17.0. The predicted molar refractivity (Wildman–Crippen MR) is 64.7 cm³/mol. The Morgan fingerprint density at radius 1 is 1.29 bits per heavy atom. The summed E-state index contributed by atoms with van der Waals surface area (Å²) in [5.74, 6) is -0.167. The maximum absolute atomic E-state index is 12.9. The zero-order valence-corrected chi connectivity index (χ0v) is 9.79. The second kappa shape index (κ2) is 5.17. The van der Waals surface area contributed by atoms with Crippen LogP contribution in [0.1, 0.15) is 31.2 Å². The van der Waals surface area contributed by atoms with Crippen LogP contribution in [-0.4, -0.2) is 17.4 Å². The highest BCUT2D eigenvalue weighted by atomic mass is 19.1. The Labute approximate surface area is 100 Å². The van der Waals surface area contributed by atoms with Gasteiger partial charge in [-0.25, -0.2) is 4.39 Å². The average Bonchev–Trinajstić information content (AvgIpc) is 2.48. The van der Waals surface area contributed by atoms with Crippen LogP contribution in [0.4, 0.5) is 10.1 Å². The Kier molecular flexibility index (Phi) is 3.61. The molecule has 1 aliphatic rings. The first-order chi connectivity index (χ1) is 8.16. The summed E-state index contributed by atoms with van der Waals surface area (Å²) in [7, 11) is 0. The Balaban J connectivity index is 2.10. The standard InChI is InChI=1S/C13H17FN2O/c14-11-6-5-10(12(15)8-11)9-16-7-3-1-2-4-13(16)17/h5-6,8H,1-4,7,9,15H2. The van der Waals surface area contributed by atoms with E-state index in [0.717, 1.165) is 31.4 Å². The Hall–Kier alpha value is -1.58. The van der Waals surface area contributed by atoms with Crippen molar-refractivity contribution in [3.63, 3.8) is 0 Å². The van der Waals surface area contributed by atoms with Crippen LogP contribution in [0.5, 0.6) is 0 Å². The number of nitrogens with two attached hydrogens (primary N) is 1. The molecule has 17 heavy (non-hydrogen) atoms. The molecule has 1 saturated heterocycles. The van der Waals surface area contributed by atoms with Crippen LogP contribution in [0.25, 0.3) is 0 Å². The highest BCUT2D eigenvalue weighted by Crippen LogP contribution is 2.19. The molecule has 0 spiro atoms. The SMILES string of the molecule is Nc1cc(F)ccc1CN1CCCCCC1=O. The van der Waals surface area contributed by atoms with Gasteiger partial charge in [0.1, 0.15) is 5.82 Å². The van der Waals surface area contributed by atoms with Crippen molar-refractivity contribution >= 4 is 11.6 Å². The number of hydrogen-bond donors (Lipinski definition) is 1. The van der Waals surface area contributed by atoms with E-state index in [4.69, 9.17) is 5.73 Å². The van der Waals surface area contributed by atoms with E-state index >= 15 is 0 Å². The summed E-state index contributed by atoms with van der Waals surface area (Å²) in [5, 5.41) is 0. The van der Waals surface area contributed by atoms with E-state index in [9.17, 15) is 9.18 Å². The van der Waals surface area contributed by atoms with Gasteiger partial charge in [0.15, 0.2) is 0 Å². The van der Waals surface area contributed by atoms with E-state index in [1.165, 1.54) is 12.1 Å². The number of halogens is 1. The monoisotopic (exact) mass is 236 g/mol. The molecule has 0 aromatic heterocycles. The van der Waals surface area contributed by atoms with Crippen LogP contribution >= 0.6 is 0 Å². The fourth-order valence-electron chi connectivity index (χ4n) is 2.12. The van der Waals surface area contributed by atoms with E-state index in [1.807, 2.05) is 4.90 Å². The zero-order chi connectivity index (χ0) is 12.3. The van der Waals surface area contributed by atoms with Gasteiger partial charge in [-0.3, -0.25) is 4.79 Å². The molecule has 2 N–H and O–H groups in total. The number of carbonyl (C=O) groups is 1. The van der Waals surface area contributed by atoms with Gasteiger partial charge in [-0.05, 0) is 30.5 Å². The summed E-state index contributed by atoms with van der Waals surface area (Å²) < 4.78 is 12.9. The third-order valence-electron chi connectivity index (χ3n) is 3.14. The molecule has 0 bridgehead atoms. The molecule has 0 atom stereocenters. The van der Waals surface area contributed by atoms with Gasteiger partial charge in [0.05, 0.1) is 0 Å². The highest BCUT2D eigenvalue weighted by Gasteiger charge is 2.17. The first kappa shape index (κ1) is 11.9. The van der Waals surface area contributed by atoms with Gasteiger partial charge >= 0.3 is 0 Å². The van der Waals surface area contributed by atoms with Crippen LogP contribution in [0, 0.1) is 5.82 Å². The smallest absolute Gasteiger partial charge is 0.222 e. The third-order valence-corrected chi connectivity index (χ3v) is 3.14. The van der Waals surface area contributed by atoms with Crippen LogP contribution in [0.2, 0.25) is 0 Å². The number of anilines is 1. The van der Waals surface area contributed by atoms with E-state index in [-0.39, 0.29) is 11.7 Å². The van der Waals surface area contributed by atoms with Gasteiger partial charge in [-0.15, -0.1) is 0 Å². The number of hydrogen-bond acceptors (Lipinski definition) is 2. The van der Waals surface area contributed by atoms with E-state index in [2.05, 4.69) is 0 Å². The van der Waals surface area contributed by atoms with Crippen molar-refractivity contribution in [3.05, 3.63) is 29.6 Å². The van der Waals surface area contributed by atoms with Crippen LogP contribution in [-0.2, 0) is 11.3 Å². The zero-order valence-electron chi connectivity index (χ0n) is 9.79. The van der Waals surface area contributed by atoms with Crippen LogP contribution in [0.3, 0.4) is 0 Å². The number of carbonyl (C=O) groups excluding carboxylic acids is 1. The third kappa shape index (κ3) is 2.96. The second-order valence-corrected chi connectivity index (χ2v) is 4.47. The molecule has 1 heterocycles. The molecule has 1 aliphatic heterocycles. The van der Waals surface area contributed by atoms with Gasteiger partial charge in [0, 0.05) is 25.2 Å². The number of likely N-dealkylation sites (tertiary alicyclic amines) is 1. The van der Waals surface area contributed by atoms with E-state index in [0.29, 0.717) is 18.7 Å². The van der Waals surface area contributed by atoms with Gasteiger partial charge < -0.3 is 10.6 Å². The summed E-state index contributed by atoms with van der Waals surface area (Å²) in [5.41, 5.74) is 6.98. The second-order valence-electron chi connectivity index (χ2n) is 4.47. The van der Waals surface area contributed by atoms with Crippen molar-refractivity contribution in [2.75, 3.05) is 12.3 Å². The molecule has 0 saturated carbocycles. The van der Waals surface area contributed by atoms with Crippen molar-refractivity contribution in [2.24, 2.45) is 0 Å². The van der Waals surface area contributed by atoms with Crippen molar-refractivity contribution in [2.45, 2.75) is 32.2 Å². The summed E-state index contributed by atoms with van der Waals surface area (Å²) >= 11 is 0. The maximum Gasteiger partial charge on any atom is 0.222 e. The first-order valence-corrected chi connectivity index (χ1v) is 5.98. The van der Waals surface area contributed by atoms with Gasteiger partial charge in [-0.2, -0.15) is 0 Å². The summed E-state index contributed by atoms with van der Waals surface area (Å²) in [6.45, 7) is 1.26. The maximum atomic E-state index is 12.9. The first-order valence-electron chi connectivity index (χ1n) is 5.98. The number of nitrogen functional groups attached to an aromatic ring is 1. The minimum absolute atomic E-state index is 0.172. The molecule has 1 fully saturated rings. The Morgan fingerprint density at radius 3 is 2.88 bits per heavy atom. The van der Waals surface area contributed by atoms with Gasteiger partial charge in [-0.1, -0.05) is 12.5 Å². The van der Waals surface area contributed by atoms with E-state index in [1.54, 1.807) is 6.07 Å². The minimum atomic E-state index is -0.339. The van der Waals surface area contributed by atoms with Gasteiger partial charge in [0.2, 0.25) is 5.91 Å². The fraction of sp³-hybridized carbons (Fsp3) is 0.462. The molecule has 1 aromatic carbocycles. The highest BCUT2D eigenvalue weighted by molar-refractivity contribution is 5.76. The Morgan fingerprint density at radius 2 is 2.12 bits per heavy atom. The van der Waals surface area contributed by atoms with Crippen molar-refractivity contribution in [1.82, 2.24) is 4.90 Å². The largest absolute Gasteiger partial charge is 0.398 e. The summed E-state index contributed by atoms with van der Waals surface area (Å²) in [4.78, 5) is 13.6. The van der Waals surface area contributed by atoms with Crippen molar-refractivity contribution in [3.8, 4) is 0 Å². The molecular formula is C13H17FN2O. The predicted octanol–water partition coefficient (Wildman–Crippen LogP) is 2.31. The number of nitrogens with zero attached hydrogens (tertiary/aromatic N) is 1. The molecule has 1 amide bonds. The van der Waals surface area contributed by atoms with Crippen molar-refractivity contribution < 1.29 is 9.18 Å². The number of benzene rings is 1. The topological polar surface area (TPSA) is 46.3 Å². The van der Waals surface area contributed by atoms with Gasteiger partial charge in [0.25, 0.3) is 0 Å². The lowest BCUT2D eigenvalue weighted by Crippen LogP contribution is -2.30. The fourth-order valence-corrected chi connectivity index (χ4v) is 2.12. The molecule has 92 valence electrons. The summed E-state index contributed by atoms with van der Waals surface area (Å²) in [6, 6.07) is 4.34. The van der Waals surface area contributed by atoms with Crippen LogP contribution < -0.4 is 5.73 Å². The molecule has 0 unspecified atom stereocenters. The Bertz CT molecular complexity index is 420. The molecule has 0 radical (unpaired) electrons. The number of amides is 1. The number of rotatable bonds is 2. The molecule has 3 nitrogen and oxygen atoms in total. The van der Waals surface area contributed by atoms with E-state index < -0.39 is 0 Å². The minimum Gasteiger partial charge on any atom is -0.398 e. The molecular weight excluding hydrogens is 219 g/mol. The molecule has 0 aliphatic carbocycles. The van der Waals surface area contributed by atoms with Crippen molar-refractivity contribution in [1.29, 1.82) is 0 Å². The molecule has 2 rings (SSSR count). The molecule has 1 aromatic rings. The average molecular weight is 236 g/mol. The summed E-state index contributed by atoms with van der Waals surface area (Å²) in [6.07, 6.45) is 3.71. The van der Waals surface area contributed by atoms with Crippen LogP contribution in [0.15, 0.2) is 18.2 Å². The lowest BCUT2D eigenvalue weighted by atomic mass is 10.1. The molecule has 4 heteroatoms.